The second kappa shape index (κ2) is 7.52. The van der Waals surface area contributed by atoms with E-state index in [0.717, 1.165) is 61.5 Å². The summed E-state index contributed by atoms with van der Waals surface area (Å²) in [6.45, 7) is 0. The van der Waals surface area contributed by atoms with Crippen molar-refractivity contribution in [1.82, 2.24) is 34.9 Å². The van der Waals surface area contributed by atoms with E-state index in [4.69, 9.17) is 4.98 Å². The first-order valence-corrected chi connectivity index (χ1v) is 10.5. The summed E-state index contributed by atoms with van der Waals surface area (Å²) in [5, 5.41) is 0.981. The molecule has 0 saturated carbocycles. The second-order valence-electron chi connectivity index (χ2n) is 8.03. The van der Waals surface area contributed by atoms with Crippen LogP contribution in [0.1, 0.15) is 0 Å². The summed E-state index contributed by atoms with van der Waals surface area (Å²) < 4.78 is 0. The second-order valence-corrected chi connectivity index (χ2v) is 8.03. The zero-order chi connectivity index (χ0) is 22.4. The molecule has 0 radical (unpaired) electrons. The van der Waals surface area contributed by atoms with Crippen molar-refractivity contribution >= 4 is 27.8 Å². The van der Waals surface area contributed by atoms with Crippen LogP contribution in [0.15, 0.2) is 73.7 Å². The first-order chi connectivity index (χ1) is 16.2. The van der Waals surface area contributed by atoms with Gasteiger partial charge >= 0.3 is 0 Å². The van der Waals surface area contributed by atoms with Crippen LogP contribution in [0.2, 0.25) is 0 Å². The van der Waals surface area contributed by atoms with E-state index in [9.17, 15) is 0 Å². The van der Waals surface area contributed by atoms with E-state index < -0.39 is 0 Å². The number of H-pyrrole nitrogens is 2. The Bertz CT molecular complexity index is 1600. The van der Waals surface area contributed by atoms with Gasteiger partial charge < -0.3 is 14.9 Å². The molecule has 0 aliphatic carbocycles. The number of aromatic amines is 2. The van der Waals surface area contributed by atoms with Gasteiger partial charge in [0.2, 0.25) is 0 Å². The maximum Gasteiger partial charge on any atom is 0.140 e. The Labute approximate surface area is 189 Å². The molecule has 0 unspecified atom stereocenters. The van der Waals surface area contributed by atoms with Crippen LogP contribution >= 0.6 is 0 Å². The van der Waals surface area contributed by atoms with Crippen LogP contribution in [0.25, 0.3) is 55.8 Å². The van der Waals surface area contributed by atoms with Crippen LogP contribution in [-0.2, 0) is 0 Å². The van der Waals surface area contributed by atoms with Gasteiger partial charge in [0.15, 0.2) is 0 Å². The van der Waals surface area contributed by atoms with Crippen LogP contribution in [0.5, 0.6) is 0 Å². The molecule has 8 nitrogen and oxygen atoms in total. The van der Waals surface area contributed by atoms with Crippen molar-refractivity contribution in [3.8, 4) is 33.8 Å². The predicted molar refractivity (Wildman–Crippen MR) is 130 cm³/mol. The fourth-order valence-electron chi connectivity index (χ4n) is 3.96. The number of imidazole rings is 1. The van der Waals surface area contributed by atoms with Gasteiger partial charge in [-0.2, -0.15) is 0 Å². The normalized spacial score (nSPS) is 11.3. The van der Waals surface area contributed by atoms with Gasteiger partial charge in [-0.05, 0) is 24.3 Å². The highest BCUT2D eigenvalue weighted by atomic mass is 15.1. The fourth-order valence-corrected chi connectivity index (χ4v) is 3.96. The fraction of sp³-hybridized carbons (Fsp3) is 0.0800. The molecule has 6 aromatic heterocycles. The van der Waals surface area contributed by atoms with Crippen molar-refractivity contribution in [3.63, 3.8) is 0 Å². The van der Waals surface area contributed by atoms with Gasteiger partial charge in [0.25, 0.3) is 0 Å². The van der Waals surface area contributed by atoms with E-state index in [1.54, 1.807) is 18.6 Å². The molecule has 33 heavy (non-hydrogen) atoms. The molecule has 0 fully saturated rings. The first-order valence-electron chi connectivity index (χ1n) is 10.5. The summed E-state index contributed by atoms with van der Waals surface area (Å²) >= 11 is 0. The summed E-state index contributed by atoms with van der Waals surface area (Å²) in [6, 6.07) is 10.0. The van der Waals surface area contributed by atoms with E-state index in [2.05, 4.69) is 42.0 Å². The number of anilines is 1. The summed E-state index contributed by atoms with van der Waals surface area (Å²) in [5.41, 5.74) is 8.20. The third kappa shape index (κ3) is 3.28. The van der Waals surface area contributed by atoms with Crippen LogP contribution in [0.4, 0.5) is 5.69 Å². The minimum Gasteiger partial charge on any atom is -0.376 e. The number of fused-ring (bicyclic) bond motifs is 2. The van der Waals surface area contributed by atoms with Gasteiger partial charge in [0.05, 0.1) is 29.3 Å². The van der Waals surface area contributed by atoms with Gasteiger partial charge in [-0.25, -0.2) is 9.97 Å². The lowest BCUT2D eigenvalue weighted by Gasteiger charge is -2.12. The van der Waals surface area contributed by atoms with Crippen molar-refractivity contribution in [2.45, 2.75) is 0 Å². The third-order valence-electron chi connectivity index (χ3n) is 5.69. The SMILES string of the molecule is CN(C)c1cncc(-c2cnc3[nH]cc(-c4nc5c(-c6ccccn6)cncc5[nH]4)c3c2)c1. The van der Waals surface area contributed by atoms with Crippen molar-refractivity contribution in [1.29, 1.82) is 0 Å². The summed E-state index contributed by atoms with van der Waals surface area (Å²) in [7, 11) is 4.00. The smallest absolute Gasteiger partial charge is 0.140 e. The maximum atomic E-state index is 4.92. The molecular formula is C25H20N8. The third-order valence-corrected chi connectivity index (χ3v) is 5.69. The highest BCUT2D eigenvalue weighted by Gasteiger charge is 2.16. The number of hydrogen-bond acceptors (Lipinski definition) is 6. The molecular weight excluding hydrogens is 412 g/mol. The molecule has 2 N–H and O–H groups in total. The van der Waals surface area contributed by atoms with Crippen molar-refractivity contribution in [2.24, 2.45) is 0 Å². The molecule has 6 aromatic rings. The van der Waals surface area contributed by atoms with Gasteiger partial charge in [0.1, 0.15) is 17.0 Å². The molecule has 0 atom stereocenters. The summed E-state index contributed by atoms with van der Waals surface area (Å²) in [5.74, 6) is 0.751. The Morgan fingerprint density at radius 1 is 0.848 bits per heavy atom. The number of nitrogens with one attached hydrogen (secondary N) is 2. The molecule has 0 aromatic carbocycles. The van der Waals surface area contributed by atoms with E-state index in [1.807, 2.05) is 62.0 Å². The Hall–Kier alpha value is -4.59. The molecule has 0 spiro atoms. The Morgan fingerprint density at radius 2 is 1.73 bits per heavy atom. The van der Waals surface area contributed by atoms with Crippen molar-refractivity contribution in [3.05, 3.63) is 73.7 Å². The predicted octanol–water partition coefficient (Wildman–Crippen LogP) is 4.69. The van der Waals surface area contributed by atoms with E-state index in [-0.39, 0.29) is 0 Å². The Morgan fingerprint density at radius 3 is 2.58 bits per heavy atom. The molecule has 0 amide bonds. The standard InChI is InChI=1S/C25H20N8/c1-33(2)17-7-15(9-26-11-17)16-8-18-19(13-30-24(18)29-10-16)25-31-22-14-27-12-20(23(22)32-25)21-5-3-4-6-28-21/h3-14H,1-2H3,(H,29,30)(H,31,32). The average Bonchev–Trinajstić information content (AvgIpc) is 3.48. The van der Waals surface area contributed by atoms with E-state index in [1.165, 1.54) is 0 Å². The van der Waals surface area contributed by atoms with Crippen LogP contribution < -0.4 is 4.90 Å². The van der Waals surface area contributed by atoms with Crippen LogP contribution in [0.3, 0.4) is 0 Å². The minimum atomic E-state index is 0.751. The first kappa shape index (κ1) is 19.1. The molecule has 0 aliphatic heterocycles. The number of aromatic nitrogens is 7. The quantitative estimate of drug-likeness (QED) is 0.419. The maximum absolute atomic E-state index is 4.92. The minimum absolute atomic E-state index is 0.751. The average molecular weight is 432 g/mol. The van der Waals surface area contributed by atoms with Gasteiger partial charge in [0, 0.05) is 72.7 Å². The molecule has 6 rings (SSSR count). The van der Waals surface area contributed by atoms with Crippen molar-refractivity contribution < 1.29 is 0 Å². The van der Waals surface area contributed by atoms with Crippen LogP contribution in [-0.4, -0.2) is 49.0 Å². The molecule has 0 aliphatic rings. The van der Waals surface area contributed by atoms with E-state index >= 15 is 0 Å². The lowest BCUT2D eigenvalue weighted by atomic mass is 10.1. The van der Waals surface area contributed by atoms with E-state index in [0.29, 0.717) is 0 Å². The van der Waals surface area contributed by atoms with Crippen molar-refractivity contribution in [2.75, 3.05) is 19.0 Å². The van der Waals surface area contributed by atoms with Gasteiger partial charge in [-0.15, -0.1) is 0 Å². The van der Waals surface area contributed by atoms with Gasteiger partial charge in [-0.1, -0.05) is 6.07 Å². The molecule has 0 saturated heterocycles. The topological polar surface area (TPSA) is 99.3 Å². The molecule has 6 heterocycles. The van der Waals surface area contributed by atoms with Crippen LogP contribution in [0, 0.1) is 0 Å². The zero-order valence-corrected chi connectivity index (χ0v) is 18.1. The molecule has 0 bridgehead atoms. The highest BCUT2D eigenvalue weighted by Crippen LogP contribution is 2.33. The number of hydrogen-bond donors (Lipinski definition) is 2. The largest absolute Gasteiger partial charge is 0.376 e. The lowest BCUT2D eigenvalue weighted by molar-refractivity contribution is 1.11. The van der Waals surface area contributed by atoms with Gasteiger partial charge in [-0.3, -0.25) is 15.0 Å². The molecule has 160 valence electrons. The Balaban J connectivity index is 1.48. The Kier molecular flexibility index (Phi) is 4.36. The monoisotopic (exact) mass is 432 g/mol. The summed E-state index contributed by atoms with van der Waals surface area (Å²) in [4.78, 5) is 31.5. The zero-order valence-electron chi connectivity index (χ0n) is 18.1. The number of rotatable bonds is 4. The lowest BCUT2D eigenvalue weighted by Crippen LogP contribution is -2.08. The number of nitrogens with zero attached hydrogens (tertiary/aromatic N) is 6. The molecule has 8 heteroatoms. The highest BCUT2D eigenvalue weighted by molar-refractivity contribution is 5.98. The summed E-state index contributed by atoms with van der Waals surface area (Å²) in [6.07, 6.45) is 12.9. The number of pyridine rings is 4.